The molecular weight excluding hydrogens is 272 g/mol. The minimum atomic E-state index is -3.08. The van der Waals surface area contributed by atoms with Crippen LogP contribution < -0.4 is 5.32 Å². The number of amides is 2. The number of carbonyl (C=O) groups excluding carboxylic acids is 2. The third-order valence-corrected chi connectivity index (χ3v) is 4.79. The van der Waals surface area contributed by atoms with E-state index in [2.05, 4.69) is 5.32 Å². The van der Waals surface area contributed by atoms with Crippen LogP contribution in [0.15, 0.2) is 0 Å². The number of carbonyl (C=O) groups is 2. The molecule has 7 nitrogen and oxygen atoms in total. The lowest BCUT2D eigenvalue weighted by atomic mass is 10.2. The van der Waals surface area contributed by atoms with Crippen LogP contribution >= 0.6 is 0 Å². The molecule has 0 saturated carbocycles. The topological polar surface area (TPSA) is 92.8 Å². The number of ether oxygens (including phenoxy) is 1. The molecule has 1 fully saturated rings. The van der Waals surface area contributed by atoms with Gasteiger partial charge >= 0.3 is 11.8 Å². The number of hydrogen-bond acceptors (Lipinski definition) is 5. The molecule has 1 rings (SSSR count). The summed E-state index contributed by atoms with van der Waals surface area (Å²) in [5.41, 5.74) is 0. The molecule has 1 unspecified atom stereocenters. The van der Waals surface area contributed by atoms with Crippen LogP contribution in [0.5, 0.6) is 0 Å². The minimum absolute atomic E-state index is 0.0576. The zero-order valence-electron chi connectivity index (χ0n) is 11.2. The van der Waals surface area contributed by atoms with Gasteiger partial charge in [0.25, 0.3) is 0 Å². The minimum Gasteiger partial charge on any atom is -0.383 e. The third kappa shape index (κ3) is 4.46. The van der Waals surface area contributed by atoms with Gasteiger partial charge in [0.05, 0.1) is 18.1 Å². The van der Waals surface area contributed by atoms with Crippen LogP contribution in [0.1, 0.15) is 13.3 Å². The van der Waals surface area contributed by atoms with Crippen molar-refractivity contribution in [3.63, 3.8) is 0 Å². The Balaban J connectivity index is 2.59. The first-order valence-corrected chi connectivity index (χ1v) is 8.01. The lowest BCUT2D eigenvalue weighted by molar-refractivity contribution is -0.147. The molecule has 1 N–H and O–H groups in total. The number of rotatable bonds is 5. The maximum Gasteiger partial charge on any atom is 0.312 e. The van der Waals surface area contributed by atoms with Crippen molar-refractivity contribution < 1.29 is 22.7 Å². The summed E-state index contributed by atoms with van der Waals surface area (Å²) in [6.45, 7) is 2.62. The molecule has 110 valence electrons. The second-order valence-corrected chi connectivity index (χ2v) is 6.63. The van der Waals surface area contributed by atoms with E-state index in [1.54, 1.807) is 6.92 Å². The Labute approximate surface area is 113 Å². The highest BCUT2D eigenvalue weighted by atomic mass is 32.2. The van der Waals surface area contributed by atoms with Crippen LogP contribution in [0.3, 0.4) is 0 Å². The normalized spacial score (nSPS) is 21.1. The lowest BCUT2D eigenvalue weighted by Crippen LogP contribution is -2.48. The first-order valence-electron chi connectivity index (χ1n) is 6.19. The van der Waals surface area contributed by atoms with Crippen molar-refractivity contribution in [3.05, 3.63) is 0 Å². The van der Waals surface area contributed by atoms with Gasteiger partial charge in [0, 0.05) is 26.2 Å². The van der Waals surface area contributed by atoms with E-state index in [-0.39, 0.29) is 18.1 Å². The highest BCUT2D eigenvalue weighted by Crippen LogP contribution is 2.17. The van der Waals surface area contributed by atoms with Crippen molar-refractivity contribution in [2.75, 3.05) is 38.3 Å². The van der Waals surface area contributed by atoms with Gasteiger partial charge in [-0.15, -0.1) is 0 Å². The summed E-state index contributed by atoms with van der Waals surface area (Å²) >= 11 is 0. The standard InChI is InChI=1S/C11H20N2O5S/c1-3-13(9-4-7-19(16,17)8-9)11(15)10(14)12-5-6-18-2/h9H,3-8H2,1-2H3,(H,12,14). The van der Waals surface area contributed by atoms with Gasteiger partial charge in [-0.25, -0.2) is 8.42 Å². The van der Waals surface area contributed by atoms with Gasteiger partial charge in [-0.2, -0.15) is 0 Å². The SMILES string of the molecule is CCN(C(=O)C(=O)NCCOC)C1CCS(=O)(=O)C1. The van der Waals surface area contributed by atoms with Crippen molar-refractivity contribution in [2.24, 2.45) is 0 Å². The summed E-state index contributed by atoms with van der Waals surface area (Å²) in [5, 5.41) is 2.44. The van der Waals surface area contributed by atoms with Crippen molar-refractivity contribution in [1.82, 2.24) is 10.2 Å². The van der Waals surface area contributed by atoms with Crippen molar-refractivity contribution in [1.29, 1.82) is 0 Å². The van der Waals surface area contributed by atoms with Crippen molar-refractivity contribution >= 4 is 21.7 Å². The van der Waals surface area contributed by atoms with Gasteiger partial charge in [-0.3, -0.25) is 9.59 Å². The Hall–Kier alpha value is -1.15. The van der Waals surface area contributed by atoms with Gasteiger partial charge in [-0.1, -0.05) is 0 Å². The van der Waals surface area contributed by atoms with Gasteiger partial charge in [0.1, 0.15) is 0 Å². The monoisotopic (exact) mass is 292 g/mol. The van der Waals surface area contributed by atoms with Crippen LogP contribution in [-0.2, 0) is 24.2 Å². The fourth-order valence-corrected chi connectivity index (χ4v) is 3.79. The smallest absolute Gasteiger partial charge is 0.312 e. The number of nitrogens with one attached hydrogen (secondary N) is 1. The molecular formula is C11H20N2O5S. The third-order valence-electron chi connectivity index (χ3n) is 3.04. The fourth-order valence-electron chi connectivity index (χ4n) is 2.06. The van der Waals surface area contributed by atoms with Gasteiger partial charge < -0.3 is 15.0 Å². The van der Waals surface area contributed by atoms with Crippen LogP contribution in [0.4, 0.5) is 0 Å². The quantitative estimate of drug-likeness (QED) is 0.507. The van der Waals surface area contributed by atoms with E-state index in [0.717, 1.165) is 0 Å². The predicted octanol–water partition coefficient (Wildman–Crippen LogP) is -1.22. The Morgan fingerprint density at radius 3 is 2.58 bits per heavy atom. The van der Waals surface area contributed by atoms with Crippen LogP contribution in [-0.4, -0.2) is 69.5 Å². The molecule has 2 amide bonds. The van der Waals surface area contributed by atoms with E-state index in [0.29, 0.717) is 19.6 Å². The number of sulfone groups is 1. The van der Waals surface area contributed by atoms with E-state index in [1.165, 1.54) is 12.0 Å². The van der Waals surface area contributed by atoms with E-state index in [9.17, 15) is 18.0 Å². The lowest BCUT2D eigenvalue weighted by Gasteiger charge is -2.26. The molecule has 0 spiro atoms. The molecule has 1 heterocycles. The zero-order valence-corrected chi connectivity index (χ0v) is 12.0. The van der Waals surface area contributed by atoms with Gasteiger partial charge in [0.2, 0.25) is 0 Å². The molecule has 0 aromatic rings. The van der Waals surface area contributed by atoms with Crippen LogP contribution in [0.25, 0.3) is 0 Å². The Morgan fingerprint density at radius 2 is 2.11 bits per heavy atom. The Morgan fingerprint density at radius 1 is 1.42 bits per heavy atom. The summed E-state index contributed by atoms with van der Waals surface area (Å²) in [6, 6.07) is -0.393. The maximum absolute atomic E-state index is 11.9. The first-order chi connectivity index (χ1) is 8.91. The van der Waals surface area contributed by atoms with Crippen molar-refractivity contribution in [3.8, 4) is 0 Å². The molecule has 1 saturated heterocycles. The Bertz CT molecular complexity index is 434. The summed E-state index contributed by atoms with van der Waals surface area (Å²) in [4.78, 5) is 24.9. The summed E-state index contributed by atoms with van der Waals surface area (Å²) < 4.78 is 27.6. The molecule has 0 bridgehead atoms. The van der Waals surface area contributed by atoms with E-state index in [1.807, 2.05) is 0 Å². The summed E-state index contributed by atoms with van der Waals surface area (Å²) in [6.07, 6.45) is 0.396. The number of hydrogen-bond donors (Lipinski definition) is 1. The van der Waals surface area contributed by atoms with Crippen LogP contribution in [0, 0.1) is 0 Å². The van der Waals surface area contributed by atoms with E-state index >= 15 is 0 Å². The molecule has 8 heteroatoms. The number of likely N-dealkylation sites (N-methyl/N-ethyl adjacent to an activating group) is 1. The highest BCUT2D eigenvalue weighted by molar-refractivity contribution is 7.91. The van der Waals surface area contributed by atoms with Gasteiger partial charge in [0.15, 0.2) is 9.84 Å². The largest absolute Gasteiger partial charge is 0.383 e. The van der Waals surface area contributed by atoms with E-state index in [4.69, 9.17) is 4.74 Å². The molecule has 1 aliphatic heterocycles. The zero-order chi connectivity index (χ0) is 14.5. The second-order valence-electron chi connectivity index (χ2n) is 4.40. The molecule has 0 aliphatic carbocycles. The molecule has 0 radical (unpaired) electrons. The molecule has 1 atom stereocenters. The average molecular weight is 292 g/mol. The Kier molecular flexibility index (Phi) is 5.74. The van der Waals surface area contributed by atoms with E-state index < -0.39 is 27.7 Å². The molecule has 0 aromatic carbocycles. The average Bonchev–Trinajstić information content (AvgIpc) is 2.70. The first kappa shape index (κ1) is 15.9. The van der Waals surface area contributed by atoms with Crippen molar-refractivity contribution in [2.45, 2.75) is 19.4 Å². The summed E-state index contributed by atoms with van der Waals surface area (Å²) in [7, 11) is -1.58. The van der Waals surface area contributed by atoms with Crippen LogP contribution in [0.2, 0.25) is 0 Å². The second kappa shape index (κ2) is 6.85. The number of methoxy groups -OCH3 is 1. The summed E-state index contributed by atoms with van der Waals surface area (Å²) in [5.74, 6) is -1.38. The van der Waals surface area contributed by atoms with Gasteiger partial charge in [-0.05, 0) is 13.3 Å². The predicted molar refractivity (Wildman–Crippen MR) is 69.3 cm³/mol. The number of nitrogens with zero attached hydrogens (tertiary/aromatic N) is 1. The highest BCUT2D eigenvalue weighted by Gasteiger charge is 2.35. The molecule has 1 aliphatic rings. The molecule has 19 heavy (non-hydrogen) atoms. The molecule has 0 aromatic heterocycles. The fraction of sp³-hybridized carbons (Fsp3) is 0.818. The maximum atomic E-state index is 11.9.